The lowest BCUT2D eigenvalue weighted by atomic mass is 10.1. The van der Waals surface area contributed by atoms with Crippen molar-refractivity contribution in [2.45, 2.75) is 30.3 Å². The van der Waals surface area contributed by atoms with Gasteiger partial charge in [0.1, 0.15) is 0 Å². The number of rotatable bonds is 7. The molecular weight excluding hydrogens is 264 g/mol. The van der Waals surface area contributed by atoms with Crippen LogP contribution in [0.4, 0.5) is 0 Å². The van der Waals surface area contributed by atoms with Gasteiger partial charge in [0.25, 0.3) is 0 Å². The van der Waals surface area contributed by atoms with Crippen molar-refractivity contribution in [3.05, 3.63) is 77.7 Å². The molecule has 1 nitrogen and oxygen atoms in total. The van der Waals surface area contributed by atoms with Crippen molar-refractivity contribution in [2.24, 2.45) is 0 Å². The highest BCUT2D eigenvalue weighted by Crippen LogP contribution is 2.28. The maximum atomic E-state index is 10.1. The van der Waals surface area contributed by atoms with Gasteiger partial charge < -0.3 is 5.11 Å². The average molecular weight is 284 g/mol. The third-order valence-corrected chi connectivity index (χ3v) is 4.04. The zero-order valence-corrected chi connectivity index (χ0v) is 12.4. The number of hydrogen-bond donors (Lipinski definition) is 1. The lowest BCUT2D eigenvalue weighted by Gasteiger charge is -2.12. The largest absolute Gasteiger partial charge is 0.393 e. The maximum Gasteiger partial charge on any atom is 0.0588 e. The van der Waals surface area contributed by atoms with Crippen LogP contribution < -0.4 is 0 Å². The van der Waals surface area contributed by atoms with Crippen molar-refractivity contribution < 1.29 is 5.11 Å². The minimum atomic E-state index is -0.320. The zero-order chi connectivity index (χ0) is 14.2. The Bertz CT molecular complexity index is 522. The van der Waals surface area contributed by atoms with Crippen molar-refractivity contribution >= 4 is 11.8 Å². The van der Waals surface area contributed by atoms with Crippen molar-refractivity contribution in [3.63, 3.8) is 0 Å². The molecule has 0 spiro atoms. The molecular formula is C18H20OS. The van der Waals surface area contributed by atoms with Crippen LogP contribution in [0, 0.1) is 0 Å². The van der Waals surface area contributed by atoms with Crippen LogP contribution in [0.15, 0.2) is 77.0 Å². The molecule has 0 aliphatic carbocycles. The second kappa shape index (κ2) is 7.93. The first-order valence-corrected chi connectivity index (χ1v) is 7.68. The van der Waals surface area contributed by atoms with Gasteiger partial charge in [0.05, 0.1) is 6.10 Å². The highest BCUT2D eigenvalue weighted by Gasteiger charge is 2.08. The van der Waals surface area contributed by atoms with Gasteiger partial charge in [-0.1, -0.05) is 66.9 Å². The molecule has 0 aliphatic heterocycles. The fraction of sp³-hybridized carbons (Fsp3) is 0.222. The standard InChI is InChI=1S/C18H20OS/c1-15(20-18-10-6-3-7-11-18)14-17(19)13-12-16-8-4-2-5-9-16/h2-11,17,19H,1,12-14H2. The molecule has 0 bridgehead atoms. The number of aliphatic hydroxyl groups excluding tert-OH is 1. The lowest BCUT2D eigenvalue weighted by Crippen LogP contribution is -2.08. The Morgan fingerprint density at radius 1 is 1.00 bits per heavy atom. The third kappa shape index (κ3) is 5.24. The summed E-state index contributed by atoms with van der Waals surface area (Å²) in [4.78, 5) is 2.18. The summed E-state index contributed by atoms with van der Waals surface area (Å²) in [6.45, 7) is 4.05. The molecule has 1 unspecified atom stereocenters. The van der Waals surface area contributed by atoms with Crippen LogP contribution in [0.3, 0.4) is 0 Å². The Hall–Kier alpha value is -1.51. The van der Waals surface area contributed by atoms with Gasteiger partial charge in [-0.25, -0.2) is 0 Å². The number of aliphatic hydroxyl groups is 1. The molecule has 2 rings (SSSR count). The molecule has 2 aromatic carbocycles. The molecule has 2 heteroatoms. The highest BCUT2D eigenvalue weighted by molar-refractivity contribution is 8.03. The summed E-state index contributed by atoms with van der Waals surface area (Å²) in [5, 5.41) is 10.1. The van der Waals surface area contributed by atoms with Gasteiger partial charge in [-0.05, 0) is 35.4 Å². The fourth-order valence-corrected chi connectivity index (χ4v) is 2.94. The Morgan fingerprint density at radius 3 is 2.25 bits per heavy atom. The molecule has 0 saturated heterocycles. The minimum Gasteiger partial charge on any atom is -0.393 e. The molecule has 0 radical (unpaired) electrons. The van der Waals surface area contributed by atoms with E-state index in [1.165, 1.54) is 10.5 Å². The van der Waals surface area contributed by atoms with Crippen molar-refractivity contribution in [1.82, 2.24) is 0 Å². The first-order chi connectivity index (χ1) is 9.74. The summed E-state index contributed by atoms with van der Waals surface area (Å²) in [5.74, 6) is 0. The number of aryl methyl sites for hydroxylation is 1. The summed E-state index contributed by atoms with van der Waals surface area (Å²) >= 11 is 1.64. The first kappa shape index (κ1) is 14.9. The molecule has 2 aromatic rings. The molecule has 0 heterocycles. The van der Waals surface area contributed by atoms with Gasteiger partial charge in [0.15, 0.2) is 0 Å². The molecule has 0 fully saturated rings. The van der Waals surface area contributed by atoms with E-state index < -0.39 is 0 Å². The minimum absolute atomic E-state index is 0.320. The van der Waals surface area contributed by atoms with Crippen LogP contribution in [0.1, 0.15) is 18.4 Å². The summed E-state index contributed by atoms with van der Waals surface area (Å²) in [6.07, 6.45) is 2.01. The van der Waals surface area contributed by atoms with Gasteiger partial charge in [-0.2, -0.15) is 0 Å². The Labute approximate surface area is 125 Å². The second-order valence-electron chi connectivity index (χ2n) is 4.84. The topological polar surface area (TPSA) is 20.2 Å². The molecule has 104 valence electrons. The normalized spacial score (nSPS) is 12.1. The quantitative estimate of drug-likeness (QED) is 0.745. The Kier molecular flexibility index (Phi) is 5.90. The molecule has 0 aliphatic rings. The zero-order valence-electron chi connectivity index (χ0n) is 11.5. The van der Waals surface area contributed by atoms with Crippen LogP contribution in [-0.2, 0) is 6.42 Å². The Morgan fingerprint density at radius 2 is 1.60 bits per heavy atom. The number of hydrogen-bond acceptors (Lipinski definition) is 2. The van der Waals surface area contributed by atoms with E-state index in [4.69, 9.17) is 0 Å². The van der Waals surface area contributed by atoms with E-state index in [0.29, 0.717) is 6.42 Å². The number of thioether (sulfide) groups is 1. The van der Waals surface area contributed by atoms with Crippen molar-refractivity contribution in [2.75, 3.05) is 0 Å². The summed E-state index contributed by atoms with van der Waals surface area (Å²) in [5.41, 5.74) is 1.27. The van der Waals surface area contributed by atoms with Gasteiger partial charge in [0.2, 0.25) is 0 Å². The van der Waals surface area contributed by atoms with Crippen LogP contribution in [0.25, 0.3) is 0 Å². The van der Waals surface area contributed by atoms with Crippen LogP contribution in [0.5, 0.6) is 0 Å². The third-order valence-electron chi connectivity index (χ3n) is 3.08. The van der Waals surface area contributed by atoms with Gasteiger partial charge in [-0.15, -0.1) is 0 Å². The summed E-state index contributed by atoms with van der Waals surface area (Å²) in [7, 11) is 0. The number of benzene rings is 2. The highest BCUT2D eigenvalue weighted by atomic mass is 32.2. The van der Waals surface area contributed by atoms with Crippen LogP contribution in [0.2, 0.25) is 0 Å². The molecule has 20 heavy (non-hydrogen) atoms. The van der Waals surface area contributed by atoms with E-state index in [1.807, 2.05) is 36.4 Å². The van der Waals surface area contributed by atoms with E-state index in [2.05, 4.69) is 30.8 Å². The van der Waals surface area contributed by atoms with Gasteiger partial charge in [-0.3, -0.25) is 0 Å². The van der Waals surface area contributed by atoms with Gasteiger partial charge in [0, 0.05) is 11.3 Å². The van der Waals surface area contributed by atoms with Gasteiger partial charge >= 0.3 is 0 Å². The molecule has 0 amide bonds. The Balaban J connectivity index is 1.74. The SMILES string of the molecule is C=C(CC(O)CCc1ccccc1)Sc1ccccc1. The predicted octanol–water partition coefficient (Wildman–Crippen LogP) is 4.68. The molecule has 1 atom stereocenters. The average Bonchev–Trinajstić information content (AvgIpc) is 2.47. The predicted molar refractivity (Wildman–Crippen MR) is 86.8 cm³/mol. The van der Waals surface area contributed by atoms with E-state index in [-0.39, 0.29) is 6.10 Å². The van der Waals surface area contributed by atoms with E-state index in [1.54, 1.807) is 11.8 Å². The summed E-state index contributed by atoms with van der Waals surface area (Å²) < 4.78 is 0. The smallest absolute Gasteiger partial charge is 0.0588 e. The maximum absolute atomic E-state index is 10.1. The van der Waals surface area contributed by atoms with E-state index in [9.17, 15) is 5.11 Å². The molecule has 0 saturated carbocycles. The fourth-order valence-electron chi connectivity index (χ4n) is 2.04. The first-order valence-electron chi connectivity index (χ1n) is 6.86. The molecule has 1 N–H and O–H groups in total. The van der Waals surface area contributed by atoms with Crippen LogP contribution in [-0.4, -0.2) is 11.2 Å². The van der Waals surface area contributed by atoms with Crippen LogP contribution >= 0.6 is 11.8 Å². The molecule has 0 aromatic heterocycles. The lowest BCUT2D eigenvalue weighted by molar-refractivity contribution is 0.167. The monoisotopic (exact) mass is 284 g/mol. The van der Waals surface area contributed by atoms with E-state index in [0.717, 1.165) is 17.7 Å². The van der Waals surface area contributed by atoms with Crippen molar-refractivity contribution in [3.8, 4) is 0 Å². The van der Waals surface area contributed by atoms with E-state index >= 15 is 0 Å². The summed E-state index contributed by atoms with van der Waals surface area (Å²) in [6, 6.07) is 20.4. The van der Waals surface area contributed by atoms with Crippen molar-refractivity contribution in [1.29, 1.82) is 0 Å². The second-order valence-corrected chi connectivity index (χ2v) is 6.09.